The summed E-state index contributed by atoms with van der Waals surface area (Å²) in [5.74, 6) is 0.454. The van der Waals surface area contributed by atoms with Gasteiger partial charge in [-0.3, -0.25) is 0 Å². The standard InChI is InChI=1S/C16H15BrFN5/c17-12-6-11(7-13(18)8-12)14-9-15(10-4-2-1-3-5-10)23-16(19-14)20-21-22-23/h1-8,14-15,21-22H,9H2,(H,19,20)/t14-,15+/m0/s1. The fourth-order valence-corrected chi connectivity index (χ4v) is 3.55. The summed E-state index contributed by atoms with van der Waals surface area (Å²) in [7, 11) is 0. The van der Waals surface area contributed by atoms with Gasteiger partial charge >= 0.3 is 0 Å². The minimum Gasteiger partial charge on any atom is -0.347 e. The molecule has 1 saturated heterocycles. The number of hydrogen-bond acceptors (Lipinski definition) is 5. The van der Waals surface area contributed by atoms with Gasteiger partial charge in [-0.1, -0.05) is 46.3 Å². The average molecular weight is 376 g/mol. The average Bonchev–Trinajstić information content (AvgIpc) is 3.02. The summed E-state index contributed by atoms with van der Waals surface area (Å²) >= 11 is 3.36. The van der Waals surface area contributed by atoms with Crippen molar-refractivity contribution in [2.24, 2.45) is 5.10 Å². The van der Waals surface area contributed by atoms with Crippen molar-refractivity contribution in [3.63, 3.8) is 0 Å². The molecule has 2 aromatic carbocycles. The molecule has 2 heterocycles. The number of rotatable bonds is 2. The third kappa shape index (κ3) is 2.77. The number of fused-ring (bicyclic) bond motifs is 1. The fourth-order valence-electron chi connectivity index (χ4n) is 3.07. The van der Waals surface area contributed by atoms with Crippen molar-refractivity contribution < 1.29 is 4.39 Å². The Balaban J connectivity index is 1.70. The number of hydrogen-bond donors (Lipinski definition) is 3. The van der Waals surface area contributed by atoms with E-state index in [0.29, 0.717) is 5.96 Å². The van der Waals surface area contributed by atoms with Crippen LogP contribution in [0.15, 0.2) is 58.1 Å². The highest BCUT2D eigenvalue weighted by Crippen LogP contribution is 2.35. The number of hydrazine groups is 2. The number of nitrogens with zero attached hydrogens (tertiary/aromatic N) is 2. The van der Waals surface area contributed by atoms with Crippen molar-refractivity contribution in [1.29, 1.82) is 0 Å². The molecule has 0 amide bonds. The highest BCUT2D eigenvalue weighted by molar-refractivity contribution is 9.10. The zero-order valence-electron chi connectivity index (χ0n) is 12.1. The van der Waals surface area contributed by atoms with Crippen molar-refractivity contribution >= 4 is 21.9 Å². The Bertz CT molecular complexity index is 731. The van der Waals surface area contributed by atoms with Crippen LogP contribution in [-0.4, -0.2) is 11.0 Å². The summed E-state index contributed by atoms with van der Waals surface area (Å²) in [6.45, 7) is 0. The summed E-state index contributed by atoms with van der Waals surface area (Å²) in [4.78, 5) is 0. The van der Waals surface area contributed by atoms with Gasteiger partial charge in [0.2, 0.25) is 5.96 Å². The SMILES string of the molecule is Fc1cc(Br)cc([C@@H]2C[C@H](c3ccccc3)N3NNN=C3N2)c1. The predicted octanol–water partition coefficient (Wildman–Crippen LogP) is 2.96. The quantitative estimate of drug-likeness (QED) is 0.755. The van der Waals surface area contributed by atoms with Crippen LogP contribution < -0.4 is 16.4 Å². The molecular weight excluding hydrogens is 361 g/mol. The van der Waals surface area contributed by atoms with Crippen molar-refractivity contribution in [2.75, 3.05) is 0 Å². The van der Waals surface area contributed by atoms with E-state index in [4.69, 9.17) is 0 Å². The fraction of sp³-hybridized carbons (Fsp3) is 0.188. The van der Waals surface area contributed by atoms with Gasteiger partial charge in [0.05, 0.1) is 12.1 Å². The molecule has 0 spiro atoms. The molecule has 1 fully saturated rings. The third-order valence-electron chi connectivity index (χ3n) is 4.11. The van der Waals surface area contributed by atoms with Gasteiger partial charge in [-0.15, -0.1) is 10.6 Å². The van der Waals surface area contributed by atoms with Crippen LogP contribution in [0, 0.1) is 5.82 Å². The van der Waals surface area contributed by atoms with Gasteiger partial charge in [0.1, 0.15) is 5.82 Å². The first kappa shape index (κ1) is 14.5. The lowest BCUT2D eigenvalue weighted by molar-refractivity contribution is 0.172. The maximum absolute atomic E-state index is 13.7. The van der Waals surface area contributed by atoms with Gasteiger partial charge < -0.3 is 5.32 Å². The van der Waals surface area contributed by atoms with E-state index in [0.717, 1.165) is 16.5 Å². The lowest BCUT2D eigenvalue weighted by atomic mass is 9.92. The molecule has 0 unspecified atom stereocenters. The Morgan fingerprint density at radius 1 is 1.13 bits per heavy atom. The lowest BCUT2D eigenvalue weighted by Crippen LogP contribution is -2.53. The zero-order chi connectivity index (χ0) is 15.8. The lowest BCUT2D eigenvalue weighted by Gasteiger charge is -2.38. The Kier molecular flexibility index (Phi) is 3.66. The van der Waals surface area contributed by atoms with Gasteiger partial charge in [-0.05, 0) is 35.7 Å². The number of halogens is 2. The molecule has 0 aromatic heterocycles. The largest absolute Gasteiger partial charge is 0.347 e. The molecule has 0 aliphatic carbocycles. The number of nitrogens with one attached hydrogen (secondary N) is 3. The minimum atomic E-state index is -0.250. The molecule has 2 atom stereocenters. The highest BCUT2D eigenvalue weighted by atomic mass is 79.9. The molecular formula is C16H15BrFN5. The van der Waals surface area contributed by atoms with Crippen LogP contribution in [0.25, 0.3) is 0 Å². The van der Waals surface area contributed by atoms with E-state index < -0.39 is 0 Å². The van der Waals surface area contributed by atoms with E-state index in [-0.39, 0.29) is 17.9 Å². The monoisotopic (exact) mass is 375 g/mol. The molecule has 5 nitrogen and oxygen atoms in total. The van der Waals surface area contributed by atoms with Crippen molar-refractivity contribution in [1.82, 2.24) is 21.4 Å². The molecule has 0 radical (unpaired) electrons. The van der Waals surface area contributed by atoms with E-state index in [1.165, 1.54) is 11.6 Å². The maximum atomic E-state index is 13.7. The first-order valence-electron chi connectivity index (χ1n) is 7.36. The van der Waals surface area contributed by atoms with E-state index in [1.807, 2.05) is 29.3 Å². The van der Waals surface area contributed by atoms with E-state index >= 15 is 0 Å². The third-order valence-corrected chi connectivity index (χ3v) is 4.56. The van der Waals surface area contributed by atoms with E-state index in [1.54, 1.807) is 6.07 Å². The van der Waals surface area contributed by atoms with Crippen LogP contribution in [0.4, 0.5) is 4.39 Å². The maximum Gasteiger partial charge on any atom is 0.234 e. The normalized spacial score (nSPS) is 22.9. The minimum absolute atomic E-state index is 0.0242. The predicted molar refractivity (Wildman–Crippen MR) is 89.3 cm³/mol. The summed E-state index contributed by atoms with van der Waals surface area (Å²) < 4.78 is 14.5. The Labute approximate surface area is 141 Å². The Hall–Kier alpha value is -2.12. The van der Waals surface area contributed by atoms with Gasteiger partial charge in [0, 0.05) is 4.47 Å². The van der Waals surface area contributed by atoms with Crippen LogP contribution in [0.1, 0.15) is 29.6 Å². The molecule has 0 saturated carbocycles. The first-order valence-corrected chi connectivity index (χ1v) is 8.15. The van der Waals surface area contributed by atoms with E-state index in [9.17, 15) is 4.39 Å². The summed E-state index contributed by atoms with van der Waals surface area (Å²) in [6, 6.07) is 15.3. The molecule has 2 aromatic rings. The van der Waals surface area contributed by atoms with Crippen molar-refractivity contribution in [2.45, 2.75) is 18.5 Å². The second-order valence-electron chi connectivity index (χ2n) is 5.59. The van der Waals surface area contributed by atoms with Crippen LogP contribution in [-0.2, 0) is 0 Å². The Morgan fingerprint density at radius 3 is 2.74 bits per heavy atom. The molecule has 7 heteroatoms. The number of benzene rings is 2. The van der Waals surface area contributed by atoms with Crippen LogP contribution in [0.2, 0.25) is 0 Å². The van der Waals surface area contributed by atoms with E-state index in [2.05, 4.69) is 49.6 Å². The van der Waals surface area contributed by atoms with Gasteiger partial charge in [0.15, 0.2) is 0 Å². The first-order chi connectivity index (χ1) is 11.2. The Morgan fingerprint density at radius 2 is 1.96 bits per heavy atom. The number of hydrazone groups is 1. The smallest absolute Gasteiger partial charge is 0.234 e. The second-order valence-corrected chi connectivity index (χ2v) is 6.51. The van der Waals surface area contributed by atoms with Crippen LogP contribution >= 0.6 is 15.9 Å². The zero-order valence-corrected chi connectivity index (χ0v) is 13.7. The molecule has 2 aliphatic heterocycles. The molecule has 2 aliphatic rings. The molecule has 4 rings (SSSR count). The summed E-state index contributed by atoms with van der Waals surface area (Å²) in [5.41, 5.74) is 7.89. The highest BCUT2D eigenvalue weighted by Gasteiger charge is 2.36. The number of guanidine groups is 1. The molecule has 23 heavy (non-hydrogen) atoms. The summed E-state index contributed by atoms with van der Waals surface area (Å²) in [5, 5.41) is 9.53. The van der Waals surface area contributed by atoms with Gasteiger partial charge in [-0.2, -0.15) is 0 Å². The second kappa shape index (κ2) is 5.82. The molecule has 3 N–H and O–H groups in total. The van der Waals surface area contributed by atoms with Gasteiger partial charge in [0.25, 0.3) is 0 Å². The van der Waals surface area contributed by atoms with Crippen molar-refractivity contribution in [3.8, 4) is 0 Å². The summed E-state index contributed by atoms with van der Waals surface area (Å²) in [6.07, 6.45) is 0.785. The topological polar surface area (TPSA) is 51.7 Å². The van der Waals surface area contributed by atoms with Crippen LogP contribution in [0.5, 0.6) is 0 Å². The van der Waals surface area contributed by atoms with Crippen LogP contribution in [0.3, 0.4) is 0 Å². The molecule has 0 bridgehead atoms. The van der Waals surface area contributed by atoms with Gasteiger partial charge in [-0.25, -0.2) is 14.9 Å². The van der Waals surface area contributed by atoms with Crippen molar-refractivity contribution in [3.05, 3.63) is 69.9 Å². The molecule has 118 valence electrons.